The highest BCUT2D eigenvalue weighted by atomic mass is 32.2. The normalized spacial score (nSPS) is 18.4. The monoisotopic (exact) mass is 534 g/mol. The summed E-state index contributed by atoms with van der Waals surface area (Å²) in [7, 11) is -3.62. The maximum absolute atomic E-state index is 13.9. The summed E-state index contributed by atoms with van der Waals surface area (Å²) in [6.07, 6.45) is 0.231. The molecule has 0 spiro atoms. The van der Waals surface area contributed by atoms with Gasteiger partial charge in [-0.3, -0.25) is 4.79 Å². The Bertz CT molecular complexity index is 1400. The van der Waals surface area contributed by atoms with Crippen molar-refractivity contribution in [3.63, 3.8) is 0 Å². The molecule has 1 amide bonds. The zero-order chi connectivity index (χ0) is 26.4. The van der Waals surface area contributed by atoms with E-state index in [0.29, 0.717) is 39.0 Å². The molecule has 11 heteroatoms. The minimum absolute atomic E-state index is 0.0448. The van der Waals surface area contributed by atoms with Gasteiger partial charge in [-0.2, -0.15) is 22.6 Å². The molecule has 0 bridgehead atoms. The van der Waals surface area contributed by atoms with Crippen LogP contribution in [0.4, 0.5) is 13.2 Å². The largest absolute Gasteiger partial charge is 0.436 e. The highest BCUT2D eigenvalue weighted by molar-refractivity contribution is 7.89. The van der Waals surface area contributed by atoms with Gasteiger partial charge in [-0.15, -0.1) is 0 Å². The topological polar surface area (TPSA) is 75.0 Å². The van der Waals surface area contributed by atoms with Crippen molar-refractivity contribution in [1.82, 2.24) is 18.8 Å². The standard InChI is InChI=1S/C26H29F3N4O3S/c1-18-5-7-21(8-6-18)37(35,36)32-14-9-19(10-15-32)20-11-16-33-22(17-20)23(24(30-33)26(27,28)29)25(34)31-12-3-2-4-13-31/h5-8,11,16-17,19H,2-4,9-10,12-15H2,1H3. The quantitative estimate of drug-likeness (QED) is 0.479. The first-order chi connectivity index (χ1) is 17.6. The second-order valence-electron chi connectivity index (χ2n) is 9.86. The third-order valence-electron chi connectivity index (χ3n) is 7.37. The van der Waals surface area contributed by atoms with Gasteiger partial charge in [-0.25, -0.2) is 12.9 Å². The molecule has 2 aromatic heterocycles. The molecule has 0 radical (unpaired) electrons. The first-order valence-corrected chi connectivity index (χ1v) is 14.0. The van der Waals surface area contributed by atoms with Gasteiger partial charge in [-0.1, -0.05) is 17.7 Å². The molecular formula is C26H29F3N4O3S. The van der Waals surface area contributed by atoms with E-state index in [-0.39, 0.29) is 16.3 Å². The number of hydrogen-bond acceptors (Lipinski definition) is 4. The SMILES string of the molecule is Cc1ccc(S(=O)(=O)N2CCC(c3ccn4nc(C(F)(F)F)c(C(=O)N5CCCCC5)c4c3)CC2)cc1. The van der Waals surface area contributed by atoms with Crippen LogP contribution in [0.2, 0.25) is 0 Å². The number of alkyl halides is 3. The van der Waals surface area contributed by atoms with E-state index in [2.05, 4.69) is 5.10 Å². The molecular weight excluding hydrogens is 505 g/mol. The predicted octanol–water partition coefficient (Wildman–Crippen LogP) is 4.86. The van der Waals surface area contributed by atoms with Crippen LogP contribution in [0.5, 0.6) is 0 Å². The summed E-state index contributed by atoms with van der Waals surface area (Å²) in [6, 6.07) is 10.1. The van der Waals surface area contributed by atoms with Gasteiger partial charge < -0.3 is 4.90 Å². The summed E-state index contributed by atoms with van der Waals surface area (Å²) in [5, 5.41) is 3.73. The van der Waals surface area contributed by atoms with Crippen molar-refractivity contribution in [2.75, 3.05) is 26.2 Å². The molecule has 0 N–H and O–H groups in total. The van der Waals surface area contributed by atoms with Gasteiger partial charge in [0.1, 0.15) is 0 Å². The molecule has 4 heterocycles. The Morgan fingerprint density at radius 1 is 0.973 bits per heavy atom. The number of pyridine rings is 1. The molecule has 2 saturated heterocycles. The lowest BCUT2D eigenvalue weighted by Crippen LogP contribution is -2.37. The molecule has 2 aliphatic heterocycles. The number of carbonyl (C=O) groups excluding carboxylic acids is 1. The molecule has 37 heavy (non-hydrogen) atoms. The summed E-state index contributed by atoms with van der Waals surface area (Å²) in [5.74, 6) is -0.685. The van der Waals surface area contributed by atoms with E-state index in [1.165, 1.54) is 15.4 Å². The lowest BCUT2D eigenvalue weighted by atomic mass is 9.90. The van der Waals surface area contributed by atoms with Gasteiger partial charge in [0, 0.05) is 32.4 Å². The minimum Gasteiger partial charge on any atom is -0.339 e. The van der Waals surface area contributed by atoms with E-state index < -0.39 is 33.4 Å². The number of amides is 1. The number of nitrogens with zero attached hydrogens (tertiary/aromatic N) is 4. The van der Waals surface area contributed by atoms with Crippen molar-refractivity contribution >= 4 is 21.4 Å². The number of sulfonamides is 1. The van der Waals surface area contributed by atoms with E-state index in [1.807, 2.05) is 6.92 Å². The lowest BCUT2D eigenvalue weighted by Gasteiger charge is -2.31. The first-order valence-electron chi connectivity index (χ1n) is 12.5. The van der Waals surface area contributed by atoms with Gasteiger partial charge in [0.2, 0.25) is 10.0 Å². The maximum atomic E-state index is 13.9. The molecule has 198 valence electrons. The average molecular weight is 535 g/mol. The van der Waals surface area contributed by atoms with Crippen molar-refractivity contribution in [2.45, 2.75) is 56.0 Å². The van der Waals surface area contributed by atoms with Crippen LogP contribution >= 0.6 is 0 Å². The number of piperidine rings is 2. The van der Waals surface area contributed by atoms with Gasteiger partial charge >= 0.3 is 6.18 Å². The van der Waals surface area contributed by atoms with Crippen molar-refractivity contribution in [3.05, 3.63) is 65.0 Å². The highest BCUT2D eigenvalue weighted by Gasteiger charge is 2.41. The molecule has 1 aromatic carbocycles. The lowest BCUT2D eigenvalue weighted by molar-refractivity contribution is -0.141. The van der Waals surface area contributed by atoms with Crippen LogP contribution in [0.25, 0.3) is 5.52 Å². The molecule has 0 unspecified atom stereocenters. The van der Waals surface area contributed by atoms with E-state index in [0.717, 1.165) is 34.9 Å². The fourth-order valence-electron chi connectivity index (χ4n) is 5.27. The smallest absolute Gasteiger partial charge is 0.339 e. The van der Waals surface area contributed by atoms with Crippen LogP contribution in [-0.2, 0) is 16.2 Å². The Kier molecular flexibility index (Phi) is 6.78. The van der Waals surface area contributed by atoms with Crippen LogP contribution in [-0.4, -0.2) is 59.3 Å². The van der Waals surface area contributed by atoms with Crippen molar-refractivity contribution in [1.29, 1.82) is 0 Å². The third-order valence-corrected chi connectivity index (χ3v) is 9.28. The van der Waals surface area contributed by atoms with Crippen molar-refractivity contribution < 1.29 is 26.4 Å². The average Bonchev–Trinajstić information content (AvgIpc) is 3.29. The second-order valence-corrected chi connectivity index (χ2v) is 11.8. The molecule has 5 rings (SSSR count). The zero-order valence-electron chi connectivity index (χ0n) is 20.5. The van der Waals surface area contributed by atoms with Gasteiger partial charge in [0.05, 0.1) is 16.0 Å². The fraction of sp³-hybridized carbons (Fsp3) is 0.462. The van der Waals surface area contributed by atoms with Crippen LogP contribution in [0.3, 0.4) is 0 Å². The number of hydrogen-bond donors (Lipinski definition) is 0. The van der Waals surface area contributed by atoms with Crippen LogP contribution in [0, 0.1) is 6.92 Å². The zero-order valence-corrected chi connectivity index (χ0v) is 21.4. The molecule has 2 aliphatic rings. The number of aromatic nitrogens is 2. The van der Waals surface area contributed by atoms with Crippen LogP contribution in [0.15, 0.2) is 47.5 Å². The first kappa shape index (κ1) is 25.7. The number of rotatable bonds is 4. The summed E-state index contributed by atoms with van der Waals surface area (Å²) in [5.41, 5.74) is 0.311. The molecule has 2 fully saturated rings. The summed E-state index contributed by atoms with van der Waals surface area (Å²) in [4.78, 5) is 15.0. The Morgan fingerprint density at radius 3 is 2.24 bits per heavy atom. The third kappa shape index (κ3) is 4.98. The Balaban J connectivity index is 1.41. The van der Waals surface area contributed by atoms with Crippen LogP contribution < -0.4 is 0 Å². The number of carbonyl (C=O) groups is 1. The molecule has 7 nitrogen and oxygen atoms in total. The number of aryl methyl sites for hydroxylation is 1. The Morgan fingerprint density at radius 2 is 1.62 bits per heavy atom. The van der Waals surface area contributed by atoms with Gasteiger partial charge in [0.15, 0.2) is 5.69 Å². The number of halogens is 3. The Labute approximate surface area is 213 Å². The van der Waals surface area contributed by atoms with E-state index >= 15 is 0 Å². The molecule has 3 aromatic rings. The van der Waals surface area contributed by atoms with Gasteiger partial charge in [-0.05, 0) is 74.8 Å². The minimum atomic E-state index is -4.76. The number of benzene rings is 1. The number of fused-ring (bicyclic) bond motifs is 1. The van der Waals surface area contributed by atoms with Crippen LogP contribution in [0.1, 0.15) is 65.2 Å². The van der Waals surface area contributed by atoms with Crippen molar-refractivity contribution in [2.24, 2.45) is 0 Å². The second kappa shape index (κ2) is 9.75. The van der Waals surface area contributed by atoms with Gasteiger partial charge in [0.25, 0.3) is 5.91 Å². The van der Waals surface area contributed by atoms with E-state index in [4.69, 9.17) is 0 Å². The fourth-order valence-corrected chi connectivity index (χ4v) is 6.74. The molecule has 0 saturated carbocycles. The summed E-state index contributed by atoms with van der Waals surface area (Å²) >= 11 is 0. The van der Waals surface area contributed by atoms with E-state index in [9.17, 15) is 26.4 Å². The van der Waals surface area contributed by atoms with E-state index in [1.54, 1.807) is 36.4 Å². The van der Waals surface area contributed by atoms with Crippen molar-refractivity contribution in [3.8, 4) is 0 Å². The maximum Gasteiger partial charge on any atom is 0.436 e. The highest BCUT2D eigenvalue weighted by Crippen LogP contribution is 2.36. The number of likely N-dealkylation sites (tertiary alicyclic amines) is 1. The Hall–Kier alpha value is -2.92. The summed E-state index contributed by atoms with van der Waals surface area (Å²) < 4.78 is 70.3. The molecule has 0 atom stereocenters. The predicted molar refractivity (Wildman–Crippen MR) is 132 cm³/mol. The summed E-state index contributed by atoms with van der Waals surface area (Å²) in [6.45, 7) is 3.36. The molecule has 0 aliphatic carbocycles.